The van der Waals surface area contributed by atoms with Crippen LogP contribution in [0.3, 0.4) is 0 Å². The fourth-order valence-electron chi connectivity index (χ4n) is 2.09. The Balaban J connectivity index is 1.89. The molecule has 2 rings (SSSR count). The van der Waals surface area contributed by atoms with Gasteiger partial charge in [0.2, 0.25) is 0 Å². The summed E-state index contributed by atoms with van der Waals surface area (Å²) in [4.78, 5) is 0. The zero-order valence-corrected chi connectivity index (χ0v) is 13.2. The highest BCUT2D eigenvalue weighted by molar-refractivity contribution is 5.33. The Hall–Kier alpha value is -1.80. The lowest BCUT2D eigenvalue weighted by Crippen LogP contribution is -2.14. The normalized spacial score (nSPS) is 10.9. The third kappa shape index (κ3) is 5.24. The second-order valence-electron chi connectivity index (χ2n) is 5.90. The number of rotatable bonds is 7. The fourth-order valence-corrected chi connectivity index (χ4v) is 2.09. The van der Waals surface area contributed by atoms with Gasteiger partial charge in [0.25, 0.3) is 0 Å². The van der Waals surface area contributed by atoms with Crippen molar-refractivity contribution in [2.75, 3.05) is 6.61 Å². The highest BCUT2D eigenvalue weighted by Gasteiger charge is 2.04. The molecule has 0 atom stereocenters. The quantitative estimate of drug-likeness (QED) is 0.817. The summed E-state index contributed by atoms with van der Waals surface area (Å²) in [6.07, 6.45) is 0. The first-order chi connectivity index (χ1) is 10.1. The summed E-state index contributed by atoms with van der Waals surface area (Å²) in [6, 6.07) is 16.9. The van der Waals surface area contributed by atoms with Gasteiger partial charge in [-0.2, -0.15) is 0 Å². The maximum absolute atomic E-state index is 5.88. The Labute approximate surface area is 128 Å². The lowest BCUT2D eigenvalue weighted by atomic mass is 10.1. The van der Waals surface area contributed by atoms with Crippen LogP contribution in [0.1, 0.15) is 30.5 Å². The van der Waals surface area contributed by atoms with Gasteiger partial charge in [-0.05, 0) is 24.5 Å². The summed E-state index contributed by atoms with van der Waals surface area (Å²) in [5, 5.41) is 3.49. The second kappa shape index (κ2) is 7.84. The molecule has 112 valence electrons. The Bertz CT molecular complexity index is 546. The Morgan fingerprint density at radius 2 is 1.67 bits per heavy atom. The van der Waals surface area contributed by atoms with E-state index in [2.05, 4.69) is 62.5 Å². The molecule has 2 aromatic rings. The van der Waals surface area contributed by atoms with Crippen LogP contribution in [0, 0.1) is 12.8 Å². The molecule has 0 amide bonds. The van der Waals surface area contributed by atoms with Crippen LogP contribution in [-0.4, -0.2) is 6.61 Å². The molecule has 0 saturated carbocycles. The fraction of sp³-hybridized carbons (Fsp3) is 0.368. The monoisotopic (exact) mass is 283 g/mol. The van der Waals surface area contributed by atoms with Crippen LogP contribution in [-0.2, 0) is 13.1 Å². The second-order valence-corrected chi connectivity index (χ2v) is 5.90. The van der Waals surface area contributed by atoms with Crippen LogP contribution in [0.5, 0.6) is 5.75 Å². The number of hydrogen-bond acceptors (Lipinski definition) is 2. The third-order valence-electron chi connectivity index (χ3n) is 3.31. The van der Waals surface area contributed by atoms with E-state index < -0.39 is 0 Å². The first kappa shape index (κ1) is 15.6. The number of para-hydroxylation sites is 1. The van der Waals surface area contributed by atoms with Gasteiger partial charge in [0.1, 0.15) is 5.75 Å². The molecule has 0 fully saturated rings. The molecule has 0 heterocycles. The van der Waals surface area contributed by atoms with Gasteiger partial charge in [-0.25, -0.2) is 0 Å². The number of hydrogen-bond donors (Lipinski definition) is 1. The first-order valence-electron chi connectivity index (χ1n) is 7.62. The molecular weight excluding hydrogens is 258 g/mol. The van der Waals surface area contributed by atoms with Crippen LogP contribution in [0.25, 0.3) is 0 Å². The summed E-state index contributed by atoms with van der Waals surface area (Å²) >= 11 is 0. The van der Waals surface area contributed by atoms with E-state index in [0.29, 0.717) is 5.92 Å². The highest BCUT2D eigenvalue weighted by Crippen LogP contribution is 2.18. The summed E-state index contributed by atoms with van der Waals surface area (Å²) in [7, 11) is 0. The number of benzene rings is 2. The smallest absolute Gasteiger partial charge is 0.123 e. The summed E-state index contributed by atoms with van der Waals surface area (Å²) in [5.74, 6) is 1.53. The van der Waals surface area contributed by atoms with Crippen LogP contribution < -0.4 is 10.1 Å². The van der Waals surface area contributed by atoms with Crippen molar-refractivity contribution in [2.45, 2.75) is 33.9 Å². The summed E-state index contributed by atoms with van der Waals surface area (Å²) in [5.41, 5.74) is 3.82. The van der Waals surface area contributed by atoms with E-state index in [1.54, 1.807) is 0 Å². The average molecular weight is 283 g/mol. The Kier molecular flexibility index (Phi) is 5.82. The molecule has 0 aliphatic heterocycles. The molecule has 0 spiro atoms. The lowest BCUT2D eigenvalue weighted by Gasteiger charge is -2.13. The molecule has 21 heavy (non-hydrogen) atoms. The van der Waals surface area contributed by atoms with Gasteiger partial charge < -0.3 is 10.1 Å². The number of aryl methyl sites for hydroxylation is 1. The van der Waals surface area contributed by atoms with E-state index in [4.69, 9.17) is 4.74 Å². The molecular formula is C19H25NO. The van der Waals surface area contributed by atoms with Crippen LogP contribution in [0.15, 0.2) is 48.5 Å². The average Bonchev–Trinajstić information content (AvgIpc) is 2.48. The standard InChI is InChI=1S/C19H25NO/c1-15(2)14-21-19-7-5-4-6-18(19)13-20-12-17-10-8-16(3)9-11-17/h4-11,15,20H,12-14H2,1-3H3. The SMILES string of the molecule is Cc1ccc(CNCc2ccccc2OCC(C)C)cc1. The summed E-state index contributed by atoms with van der Waals surface area (Å²) < 4.78 is 5.88. The molecule has 2 aromatic carbocycles. The van der Waals surface area contributed by atoms with Crippen molar-refractivity contribution in [3.05, 3.63) is 65.2 Å². The molecule has 0 aliphatic rings. The maximum Gasteiger partial charge on any atom is 0.123 e. The molecule has 0 aliphatic carbocycles. The van der Waals surface area contributed by atoms with Gasteiger partial charge in [-0.3, -0.25) is 0 Å². The molecule has 0 unspecified atom stereocenters. The lowest BCUT2D eigenvalue weighted by molar-refractivity contribution is 0.268. The van der Waals surface area contributed by atoms with Crippen molar-refractivity contribution in [1.29, 1.82) is 0 Å². The minimum absolute atomic E-state index is 0.540. The molecule has 1 N–H and O–H groups in total. The van der Waals surface area contributed by atoms with E-state index in [9.17, 15) is 0 Å². The highest BCUT2D eigenvalue weighted by atomic mass is 16.5. The van der Waals surface area contributed by atoms with Crippen molar-refractivity contribution < 1.29 is 4.74 Å². The zero-order valence-electron chi connectivity index (χ0n) is 13.2. The predicted octanol–water partition coefficient (Wildman–Crippen LogP) is 4.32. The Morgan fingerprint density at radius 1 is 0.952 bits per heavy atom. The van der Waals surface area contributed by atoms with Crippen LogP contribution in [0.4, 0.5) is 0 Å². The molecule has 0 saturated heterocycles. The van der Waals surface area contributed by atoms with E-state index in [1.165, 1.54) is 16.7 Å². The largest absolute Gasteiger partial charge is 0.493 e. The molecule has 0 aromatic heterocycles. The first-order valence-corrected chi connectivity index (χ1v) is 7.62. The van der Waals surface area contributed by atoms with Crippen molar-refractivity contribution in [2.24, 2.45) is 5.92 Å². The van der Waals surface area contributed by atoms with E-state index in [0.717, 1.165) is 25.4 Å². The predicted molar refractivity (Wildman–Crippen MR) is 88.5 cm³/mol. The van der Waals surface area contributed by atoms with Crippen molar-refractivity contribution in [3.8, 4) is 5.75 Å². The van der Waals surface area contributed by atoms with Gasteiger partial charge in [0, 0.05) is 18.7 Å². The van der Waals surface area contributed by atoms with Crippen molar-refractivity contribution in [1.82, 2.24) is 5.32 Å². The van der Waals surface area contributed by atoms with Crippen molar-refractivity contribution >= 4 is 0 Å². The van der Waals surface area contributed by atoms with E-state index in [1.807, 2.05) is 12.1 Å². The molecule has 2 nitrogen and oxygen atoms in total. The van der Waals surface area contributed by atoms with Gasteiger partial charge in [-0.15, -0.1) is 0 Å². The van der Waals surface area contributed by atoms with Gasteiger partial charge in [0.15, 0.2) is 0 Å². The topological polar surface area (TPSA) is 21.3 Å². The third-order valence-corrected chi connectivity index (χ3v) is 3.31. The Morgan fingerprint density at radius 3 is 2.38 bits per heavy atom. The minimum atomic E-state index is 0.540. The van der Waals surface area contributed by atoms with Crippen LogP contribution >= 0.6 is 0 Å². The molecule has 0 bridgehead atoms. The molecule has 0 radical (unpaired) electrons. The number of nitrogens with one attached hydrogen (secondary N) is 1. The van der Waals surface area contributed by atoms with Crippen molar-refractivity contribution in [3.63, 3.8) is 0 Å². The van der Waals surface area contributed by atoms with Gasteiger partial charge in [0.05, 0.1) is 6.61 Å². The summed E-state index contributed by atoms with van der Waals surface area (Å²) in [6.45, 7) is 8.89. The molecule has 2 heteroatoms. The van der Waals surface area contributed by atoms with Crippen LogP contribution in [0.2, 0.25) is 0 Å². The maximum atomic E-state index is 5.88. The van der Waals surface area contributed by atoms with Gasteiger partial charge >= 0.3 is 0 Å². The van der Waals surface area contributed by atoms with E-state index in [-0.39, 0.29) is 0 Å². The van der Waals surface area contributed by atoms with E-state index >= 15 is 0 Å². The number of ether oxygens (including phenoxy) is 1. The minimum Gasteiger partial charge on any atom is -0.493 e. The van der Waals surface area contributed by atoms with Gasteiger partial charge in [-0.1, -0.05) is 61.9 Å². The zero-order chi connectivity index (χ0) is 15.1.